The van der Waals surface area contributed by atoms with Crippen LogP contribution in [-0.4, -0.2) is 50.6 Å². The van der Waals surface area contributed by atoms with Crippen LogP contribution in [0.4, 0.5) is 5.82 Å². The van der Waals surface area contributed by atoms with Crippen molar-refractivity contribution >= 4 is 39.8 Å². The molecule has 4 aromatic rings. The molecule has 2 atom stereocenters. The van der Waals surface area contributed by atoms with Crippen LogP contribution in [0.25, 0.3) is 22.1 Å². The third-order valence-corrected chi connectivity index (χ3v) is 6.92. The minimum absolute atomic E-state index is 0.0672. The molecule has 1 aromatic carbocycles. The Kier molecular flexibility index (Phi) is 4.55. The summed E-state index contributed by atoms with van der Waals surface area (Å²) in [7, 11) is 0. The van der Waals surface area contributed by atoms with Crippen LogP contribution in [-0.2, 0) is 15.0 Å². The van der Waals surface area contributed by atoms with Crippen LogP contribution in [0.1, 0.15) is 30.7 Å². The summed E-state index contributed by atoms with van der Waals surface area (Å²) in [5.41, 5.74) is 2.18. The molecule has 0 bridgehead atoms. The quantitative estimate of drug-likeness (QED) is 0.469. The molecule has 2 fully saturated rings. The Morgan fingerprint density at radius 2 is 1.91 bits per heavy atom. The zero-order chi connectivity index (χ0) is 23.4. The maximum atomic E-state index is 13.2. The smallest absolute Gasteiger partial charge is 0.326 e. The third-order valence-electron chi connectivity index (χ3n) is 6.92. The van der Waals surface area contributed by atoms with Crippen molar-refractivity contribution in [1.82, 2.24) is 20.3 Å². The monoisotopic (exact) mass is 457 g/mol. The van der Waals surface area contributed by atoms with Crippen molar-refractivity contribution in [3.05, 3.63) is 60.2 Å². The van der Waals surface area contributed by atoms with E-state index >= 15 is 0 Å². The number of furan rings is 1. The van der Waals surface area contributed by atoms with Gasteiger partial charge < -0.3 is 19.7 Å². The molecule has 34 heavy (non-hydrogen) atoms. The second-order valence-electron chi connectivity index (χ2n) is 9.10. The molecule has 0 radical (unpaired) electrons. The van der Waals surface area contributed by atoms with E-state index in [1.807, 2.05) is 36.4 Å². The van der Waals surface area contributed by atoms with E-state index in [-0.39, 0.29) is 18.4 Å². The minimum Gasteiger partial charge on any atom is -0.480 e. The van der Waals surface area contributed by atoms with Gasteiger partial charge in [-0.25, -0.2) is 14.8 Å². The van der Waals surface area contributed by atoms with Gasteiger partial charge in [0.25, 0.3) is 0 Å². The molecule has 1 saturated carbocycles. The topological polar surface area (TPSA) is 121 Å². The lowest BCUT2D eigenvalue weighted by atomic mass is 9.95. The molecule has 0 spiro atoms. The van der Waals surface area contributed by atoms with Crippen molar-refractivity contribution in [3.63, 3.8) is 0 Å². The normalized spacial score (nSPS) is 21.1. The number of aromatic nitrogens is 3. The van der Waals surface area contributed by atoms with Crippen LogP contribution in [0.3, 0.4) is 0 Å². The van der Waals surface area contributed by atoms with Gasteiger partial charge in [0.2, 0.25) is 5.91 Å². The van der Waals surface area contributed by atoms with Crippen LogP contribution in [0, 0.1) is 6.92 Å². The van der Waals surface area contributed by atoms with Crippen LogP contribution >= 0.6 is 0 Å². The van der Waals surface area contributed by atoms with Gasteiger partial charge in [-0.1, -0.05) is 12.1 Å². The van der Waals surface area contributed by atoms with E-state index in [0.717, 1.165) is 23.8 Å². The number of carboxylic acid groups (broad SMARTS) is 1. The van der Waals surface area contributed by atoms with E-state index in [9.17, 15) is 14.7 Å². The zero-order valence-electron chi connectivity index (χ0n) is 18.6. The predicted molar refractivity (Wildman–Crippen MR) is 125 cm³/mol. The fourth-order valence-electron chi connectivity index (χ4n) is 5.05. The Balaban J connectivity index is 1.33. The maximum absolute atomic E-state index is 13.2. The van der Waals surface area contributed by atoms with Gasteiger partial charge in [0.15, 0.2) is 11.4 Å². The van der Waals surface area contributed by atoms with Gasteiger partial charge in [0, 0.05) is 36.8 Å². The minimum atomic E-state index is -0.965. The summed E-state index contributed by atoms with van der Waals surface area (Å²) in [6.45, 7) is 2.10. The average Bonchev–Trinajstić information content (AvgIpc) is 3.42. The summed E-state index contributed by atoms with van der Waals surface area (Å²) >= 11 is 0. The van der Waals surface area contributed by atoms with Crippen LogP contribution in [0.15, 0.2) is 53.2 Å². The Morgan fingerprint density at radius 3 is 2.65 bits per heavy atom. The summed E-state index contributed by atoms with van der Waals surface area (Å²) in [5.74, 6) is -0.0617. The van der Waals surface area contributed by atoms with Gasteiger partial charge in [-0.15, -0.1) is 0 Å². The highest BCUT2D eigenvalue weighted by Crippen LogP contribution is 2.48. The molecule has 1 aliphatic carbocycles. The third kappa shape index (κ3) is 3.19. The second-order valence-corrected chi connectivity index (χ2v) is 9.10. The molecule has 6 rings (SSSR count). The van der Waals surface area contributed by atoms with E-state index in [1.165, 1.54) is 0 Å². The number of hydrogen-bond donors (Lipinski definition) is 2. The van der Waals surface area contributed by atoms with Gasteiger partial charge >= 0.3 is 5.97 Å². The van der Waals surface area contributed by atoms with E-state index in [2.05, 4.69) is 20.3 Å². The Hall–Kier alpha value is -4.01. The van der Waals surface area contributed by atoms with Crippen LogP contribution in [0.2, 0.25) is 0 Å². The first kappa shape index (κ1) is 20.6. The number of carbonyl (C=O) groups is 2. The number of pyridine rings is 1. The molecule has 9 heteroatoms. The first-order valence-electron chi connectivity index (χ1n) is 11.3. The average molecular weight is 457 g/mol. The van der Waals surface area contributed by atoms with Gasteiger partial charge in [0.1, 0.15) is 23.0 Å². The number of hydrogen-bond acceptors (Lipinski definition) is 7. The number of para-hydroxylation sites is 1. The van der Waals surface area contributed by atoms with Gasteiger partial charge in [0.05, 0.1) is 5.41 Å². The van der Waals surface area contributed by atoms with Gasteiger partial charge in [-0.05, 0) is 49.6 Å². The molecule has 1 amide bonds. The number of aliphatic carboxylic acids is 1. The van der Waals surface area contributed by atoms with Crippen molar-refractivity contribution in [2.24, 2.45) is 0 Å². The van der Waals surface area contributed by atoms with Crippen molar-refractivity contribution < 1.29 is 19.1 Å². The Bertz CT molecular complexity index is 1430. The summed E-state index contributed by atoms with van der Waals surface area (Å²) in [4.78, 5) is 40.3. The van der Waals surface area contributed by atoms with Crippen molar-refractivity contribution in [3.8, 4) is 0 Å². The molecule has 1 aliphatic heterocycles. The number of benzene rings is 1. The molecule has 1 saturated heterocycles. The largest absolute Gasteiger partial charge is 0.480 e. The molecular formula is C25H23N5O4. The molecular weight excluding hydrogens is 434 g/mol. The van der Waals surface area contributed by atoms with Gasteiger partial charge in [-0.3, -0.25) is 9.78 Å². The van der Waals surface area contributed by atoms with E-state index < -0.39 is 17.4 Å². The van der Waals surface area contributed by atoms with Crippen molar-refractivity contribution in [2.45, 2.75) is 43.7 Å². The highest BCUT2D eigenvalue weighted by atomic mass is 16.4. The predicted octanol–water partition coefficient (Wildman–Crippen LogP) is 2.96. The standard InChI is InChI=1S/C25H23N5O4/c1-14-27-20-17-4-2-3-5-19(17)34-21(20)22(28-14)30-13-16(12-18(30)23(31)32)29-24(33)25(8-9-25)15-6-10-26-11-7-15/h2-7,10-11,16,18H,8-9,12-13H2,1H3,(H,29,33)(H,31,32)/t16-,18-/m0/s1. The Labute approximate surface area is 194 Å². The zero-order valence-corrected chi connectivity index (χ0v) is 18.6. The molecule has 172 valence electrons. The highest BCUT2D eigenvalue weighted by molar-refractivity contribution is 6.06. The number of nitrogens with zero attached hydrogens (tertiary/aromatic N) is 4. The lowest BCUT2D eigenvalue weighted by Crippen LogP contribution is -2.43. The molecule has 2 aliphatic rings. The lowest BCUT2D eigenvalue weighted by molar-refractivity contribution is -0.138. The second kappa shape index (κ2) is 7.51. The van der Waals surface area contributed by atoms with Crippen LogP contribution in [0.5, 0.6) is 0 Å². The number of anilines is 1. The van der Waals surface area contributed by atoms with Crippen LogP contribution < -0.4 is 10.2 Å². The Morgan fingerprint density at radius 1 is 1.15 bits per heavy atom. The van der Waals surface area contributed by atoms with E-state index in [0.29, 0.717) is 34.9 Å². The number of carboxylic acids is 1. The van der Waals surface area contributed by atoms with Crippen molar-refractivity contribution in [1.29, 1.82) is 0 Å². The number of carbonyl (C=O) groups excluding carboxylic acids is 1. The summed E-state index contributed by atoms with van der Waals surface area (Å²) in [6, 6.07) is 10.1. The number of aryl methyl sites for hydroxylation is 1. The first-order valence-corrected chi connectivity index (χ1v) is 11.3. The van der Waals surface area contributed by atoms with E-state index in [4.69, 9.17) is 4.42 Å². The lowest BCUT2D eigenvalue weighted by Gasteiger charge is -2.23. The number of fused-ring (bicyclic) bond motifs is 3. The fourth-order valence-corrected chi connectivity index (χ4v) is 5.05. The SMILES string of the molecule is Cc1nc(N2C[C@@H](NC(=O)C3(c4ccncc4)CC3)C[C@H]2C(=O)O)c2oc3ccccc3c2n1. The molecule has 3 aromatic heterocycles. The number of rotatable bonds is 5. The maximum Gasteiger partial charge on any atom is 0.326 e. The number of nitrogens with one attached hydrogen (secondary N) is 1. The summed E-state index contributed by atoms with van der Waals surface area (Å²) in [5, 5.41) is 14.0. The van der Waals surface area contributed by atoms with Crippen molar-refractivity contribution in [2.75, 3.05) is 11.4 Å². The number of amides is 1. The van der Waals surface area contributed by atoms with Gasteiger partial charge in [-0.2, -0.15) is 0 Å². The van der Waals surface area contributed by atoms with E-state index in [1.54, 1.807) is 24.2 Å². The molecule has 2 N–H and O–H groups in total. The molecule has 9 nitrogen and oxygen atoms in total. The first-order chi connectivity index (χ1) is 16.5. The fraction of sp³-hybridized carbons (Fsp3) is 0.320. The molecule has 0 unspecified atom stereocenters. The summed E-state index contributed by atoms with van der Waals surface area (Å²) in [6.07, 6.45) is 5.20. The summed E-state index contributed by atoms with van der Waals surface area (Å²) < 4.78 is 6.06. The molecule has 4 heterocycles. The highest BCUT2D eigenvalue weighted by Gasteiger charge is 2.52.